The number of hydrogen-bond donors (Lipinski definition) is 0. The molecular formula is C27H35NO2. The second kappa shape index (κ2) is 9.82. The van der Waals surface area contributed by atoms with Gasteiger partial charge in [-0.05, 0) is 112 Å². The summed E-state index contributed by atoms with van der Waals surface area (Å²) in [5.41, 5.74) is 0.589. The van der Waals surface area contributed by atoms with E-state index in [2.05, 4.69) is 25.1 Å². The van der Waals surface area contributed by atoms with Crippen LogP contribution in [-0.2, 0) is 4.79 Å². The Morgan fingerprint density at radius 2 is 1.70 bits per heavy atom. The van der Waals surface area contributed by atoms with Crippen LogP contribution in [0.5, 0.6) is 5.75 Å². The van der Waals surface area contributed by atoms with Gasteiger partial charge in [0.1, 0.15) is 5.75 Å². The van der Waals surface area contributed by atoms with Crippen molar-refractivity contribution >= 4 is 5.97 Å². The van der Waals surface area contributed by atoms with Crippen LogP contribution in [-0.4, -0.2) is 5.97 Å². The number of nitriles is 1. The van der Waals surface area contributed by atoms with Crippen molar-refractivity contribution in [3.63, 3.8) is 0 Å². The third kappa shape index (κ3) is 4.80. The Labute approximate surface area is 181 Å². The predicted molar refractivity (Wildman–Crippen MR) is 119 cm³/mol. The van der Waals surface area contributed by atoms with Crippen LogP contribution in [0.1, 0.15) is 76.7 Å². The number of carbonyl (C=O) groups is 1. The zero-order valence-electron chi connectivity index (χ0n) is 18.3. The molecule has 0 amide bonds. The Bertz CT molecular complexity index is 782. The van der Waals surface area contributed by atoms with Crippen LogP contribution in [0.25, 0.3) is 0 Å². The van der Waals surface area contributed by atoms with Gasteiger partial charge in [-0.25, -0.2) is 0 Å². The molecule has 4 unspecified atom stereocenters. The second-order valence-corrected chi connectivity index (χ2v) is 9.79. The lowest BCUT2D eigenvalue weighted by Crippen LogP contribution is -2.40. The van der Waals surface area contributed by atoms with Crippen LogP contribution in [0, 0.1) is 46.8 Å². The lowest BCUT2D eigenvalue weighted by molar-refractivity contribution is -0.144. The minimum absolute atomic E-state index is 0.0470. The number of hydrogen-bond acceptors (Lipinski definition) is 3. The first-order valence-corrected chi connectivity index (χ1v) is 12.0. The van der Waals surface area contributed by atoms with Crippen molar-refractivity contribution in [1.29, 1.82) is 5.26 Å². The van der Waals surface area contributed by atoms with E-state index in [4.69, 9.17) is 10.00 Å². The first-order chi connectivity index (χ1) is 14.7. The molecule has 0 radical (unpaired) electrons. The van der Waals surface area contributed by atoms with E-state index in [0.717, 1.165) is 30.6 Å². The van der Waals surface area contributed by atoms with Crippen molar-refractivity contribution in [2.75, 3.05) is 0 Å². The van der Waals surface area contributed by atoms with Crippen molar-refractivity contribution in [2.45, 2.75) is 71.1 Å². The Morgan fingerprint density at radius 3 is 2.40 bits per heavy atom. The maximum Gasteiger partial charge on any atom is 0.314 e. The maximum absolute atomic E-state index is 13.0. The highest BCUT2D eigenvalue weighted by atomic mass is 16.5. The van der Waals surface area contributed by atoms with Crippen LogP contribution in [0.4, 0.5) is 0 Å². The lowest BCUT2D eigenvalue weighted by Gasteiger charge is -2.45. The van der Waals surface area contributed by atoms with E-state index in [0.29, 0.717) is 23.1 Å². The molecule has 160 valence electrons. The number of allylic oxidation sites excluding steroid dienone is 2. The molecule has 3 fully saturated rings. The van der Waals surface area contributed by atoms with E-state index in [1.54, 1.807) is 24.3 Å². The Balaban J connectivity index is 1.33. The summed E-state index contributed by atoms with van der Waals surface area (Å²) in [6.07, 6.45) is 17.3. The molecular weight excluding hydrogens is 370 g/mol. The van der Waals surface area contributed by atoms with Gasteiger partial charge in [-0.3, -0.25) is 4.79 Å². The molecule has 3 aliphatic carbocycles. The molecule has 1 aromatic rings. The van der Waals surface area contributed by atoms with Gasteiger partial charge in [-0.1, -0.05) is 25.0 Å². The van der Waals surface area contributed by atoms with E-state index in [1.165, 1.54) is 51.4 Å². The fourth-order valence-corrected chi connectivity index (χ4v) is 6.59. The molecule has 4 atom stereocenters. The molecule has 3 aliphatic rings. The van der Waals surface area contributed by atoms with Crippen LogP contribution in [0.3, 0.4) is 0 Å². The minimum atomic E-state index is -0.0558. The van der Waals surface area contributed by atoms with Crippen molar-refractivity contribution < 1.29 is 9.53 Å². The third-order valence-electron chi connectivity index (χ3n) is 8.14. The third-order valence-corrected chi connectivity index (χ3v) is 8.14. The largest absolute Gasteiger partial charge is 0.426 e. The Kier molecular flexibility index (Phi) is 6.93. The van der Waals surface area contributed by atoms with Gasteiger partial charge >= 0.3 is 5.97 Å². The smallest absolute Gasteiger partial charge is 0.314 e. The van der Waals surface area contributed by atoms with E-state index < -0.39 is 0 Å². The topological polar surface area (TPSA) is 50.1 Å². The van der Waals surface area contributed by atoms with Gasteiger partial charge in [0.25, 0.3) is 0 Å². The zero-order valence-corrected chi connectivity index (χ0v) is 18.3. The van der Waals surface area contributed by atoms with Crippen molar-refractivity contribution in [2.24, 2.45) is 35.5 Å². The van der Waals surface area contributed by atoms with Gasteiger partial charge in [0.2, 0.25) is 0 Å². The van der Waals surface area contributed by atoms with E-state index in [9.17, 15) is 4.79 Å². The molecule has 4 rings (SSSR count). The summed E-state index contributed by atoms with van der Waals surface area (Å²) in [6, 6.07) is 8.99. The summed E-state index contributed by atoms with van der Waals surface area (Å²) >= 11 is 0. The van der Waals surface area contributed by atoms with Gasteiger partial charge in [-0.15, -0.1) is 0 Å². The van der Waals surface area contributed by atoms with Crippen molar-refractivity contribution in [3.05, 3.63) is 42.0 Å². The second-order valence-electron chi connectivity index (χ2n) is 9.79. The first-order valence-electron chi connectivity index (χ1n) is 12.0. The van der Waals surface area contributed by atoms with E-state index in [1.807, 2.05) is 0 Å². The van der Waals surface area contributed by atoms with Gasteiger partial charge in [-0.2, -0.15) is 5.26 Å². The van der Waals surface area contributed by atoms with Crippen LogP contribution in [0.2, 0.25) is 0 Å². The number of fused-ring (bicyclic) bond motifs is 1. The zero-order chi connectivity index (χ0) is 20.9. The molecule has 0 aromatic heterocycles. The first kappa shape index (κ1) is 21.2. The molecule has 0 heterocycles. The monoisotopic (exact) mass is 405 g/mol. The summed E-state index contributed by atoms with van der Waals surface area (Å²) in [5, 5.41) is 8.94. The fourth-order valence-electron chi connectivity index (χ4n) is 6.59. The molecule has 0 saturated heterocycles. The highest BCUT2D eigenvalue weighted by Crippen LogP contribution is 2.50. The fraction of sp³-hybridized carbons (Fsp3) is 0.630. The normalized spacial score (nSPS) is 34.1. The Hall–Kier alpha value is -2.08. The van der Waals surface area contributed by atoms with Crippen LogP contribution < -0.4 is 4.74 Å². The molecule has 3 saturated carbocycles. The number of benzene rings is 1. The number of carbonyl (C=O) groups excluding carboxylic acids is 1. The number of esters is 1. The van der Waals surface area contributed by atoms with Crippen LogP contribution >= 0.6 is 0 Å². The summed E-state index contributed by atoms with van der Waals surface area (Å²) in [6.45, 7) is 2.14. The number of nitrogens with zero attached hydrogens (tertiary/aromatic N) is 1. The molecule has 3 heteroatoms. The SMILES string of the molecule is C/C=C/C1CCC(C2CCC3C(CCCC3C(=O)Oc3ccc(C#N)cc3)C2)CC1. The average molecular weight is 406 g/mol. The van der Waals surface area contributed by atoms with Crippen molar-refractivity contribution in [3.8, 4) is 11.8 Å². The van der Waals surface area contributed by atoms with Gasteiger partial charge in [0.15, 0.2) is 0 Å². The number of rotatable bonds is 4. The minimum Gasteiger partial charge on any atom is -0.426 e. The quantitative estimate of drug-likeness (QED) is 0.319. The highest BCUT2D eigenvalue weighted by molar-refractivity contribution is 5.75. The molecule has 0 N–H and O–H groups in total. The summed E-state index contributed by atoms with van der Waals surface area (Å²) in [7, 11) is 0. The van der Waals surface area contributed by atoms with E-state index >= 15 is 0 Å². The molecule has 30 heavy (non-hydrogen) atoms. The maximum atomic E-state index is 13.0. The van der Waals surface area contributed by atoms with Gasteiger partial charge in [0, 0.05) is 0 Å². The molecule has 0 aliphatic heterocycles. The average Bonchev–Trinajstić information content (AvgIpc) is 2.79. The van der Waals surface area contributed by atoms with E-state index in [-0.39, 0.29) is 11.9 Å². The van der Waals surface area contributed by atoms with Gasteiger partial charge in [0.05, 0.1) is 17.6 Å². The standard InChI is InChI=1S/C27H35NO2/c1-2-4-19-7-11-21(12-8-19)22-13-16-25-23(17-22)5-3-6-26(25)27(29)30-24-14-9-20(18-28)10-15-24/h2,4,9-10,14-15,19,21-23,25-26H,3,5-8,11-13,16-17H2,1H3/b4-2+. The molecule has 0 spiro atoms. The summed E-state index contributed by atoms with van der Waals surface area (Å²) in [4.78, 5) is 13.0. The number of ether oxygens (including phenoxy) is 1. The predicted octanol–water partition coefficient (Wildman–Crippen LogP) is 6.68. The summed E-state index contributed by atoms with van der Waals surface area (Å²) in [5.74, 6) is 4.32. The lowest BCUT2D eigenvalue weighted by atomic mass is 9.59. The van der Waals surface area contributed by atoms with Crippen molar-refractivity contribution in [1.82, 2.24) is 0 Å². The highest BCUT2D eigenvalue weighted by Gasteiger charge is 2.43. The molecule has 3 nitrogen and oxygen atoms in total. The molecule has 0 bridgehead atoms. The Morgan fingerprint density at radius 1 is 0.967 bits per heavy atom. The van der Waals surface area contributed by atoms with Gasteiger partial charge < -0.3 is 4.74 Å². The summed E-state index contributed by atoms with van der Waals surface area (Å²) < 4.78 is 5.73. The molecule has 1 aromatic carbocycles. The van der Waals surface area contributed by atoms with Crippen LogP contribution in [0.15, 0.2) is 36.4 Å².